The van der Waals surface area contributed by atoms with E-state index in [0.29, 0.717) is 0 Å². The second-order valence-electron chi connectivity index (χ2n) is 15.7. The maximum Gasteiger partial charge on any atom is 0.408 e. The van der Waals surface area contributed by atoms with Crippen LogP contribution in [0.4, 0.5) is 4.79 Å². The molecule has 0 heterocycles. The van der Waals surface area contributed by atoms with Crippen molar-refractivity contribution < 1.29 is 23.2 Å². The molecule has 0 saturated carbocycles. The van der Waals surface area contributed by atoms with Gasteiger partial charge in [-0.3, -0.25) is 4.79 Å². The van der Waals surface area contributed by atoms with Gasteiger partial charge in [0.25, 0.3) is 8.32 Å². The van der Waals surface area contributed by atoms with Crippen LogP contribution in [-0.2, 0) is 18.4 Å². The third-order valence-corrected chi connectivity index (χ3v) is 18.9. The highest BCUT2D eigenvalue weighted by molar-refractivity contribution is 7.00. The standard InChI is InChI=1S/C41H53NO5Si2/c1-31(46-48(40(5,6)7,32-23-15-11-16-24-32)33-25-17-12-18-26-33)36(42-38(44)45-39(2,3)4)37(43)47-49(41(8,9)10,34-27-19-13-20-28-34)35-29-21-14-22-30-35/h11-31,36H,1-10H3,(H,42,44). The third kappa shape index (κ3) is 8.25. The zero-order chi connectivity index (χ0) is 36.1. The van der Waals surface area contributed by atoms with Crippen molar-refractivity contribution in [1.29, 1.82) is 0 Å². The van der Waals surface area contributed by atoms with Crippen LogP contribution >= 0.6 is 0 Å². The first-order chi connectivity index (χ1) is 22.9. The first-order valence-electron chi connectivity index (χ1n) is 17.0. The largest absolute Gasteiger partial charge is 0.508 e. The van der Waals surface area contributed by atoms with Gasteiger partial charge in [-0.15, -0.1) is 0 Å². The van der Waals surface area contributed by atoms with Crippen molar-refractivity contribution in [2.24, 2.45) is 0 Å². The van der Waals surface area contributed by atoms with E-state index < -0.39 is 51.5 Å². The predicted molar refractivity (Wildman–Crippen MR) is 205 cm³/mol. The van der Waals surface area contributed by atoms with Crippen molar-refractivity contribution in [2.75, 3.05) is 0 Å². The van der Waals surface area contributed by atoms with Crippen LogP contribution in [-0.4, -0.2) is 46.4 Å². The van der Waals surface area contributed by atoms with Crippen LogP contribution in [0.1, 0.15) is 69.2 Å². The number of rotatable bonds is 10. The number of carbonyl (C=O) groups is 2. The number of alkyl carbamates (subject to hydrolysis) is 1. The van der Waals surface area contributed by atoms with Crippen LogP contribution in [0.2, 0.25) is 10.1 Å². The normalized spacial score (nSPS) is 14.0. The van der Waals surface area contributed by atoms with E-state index in [4.69, 9.17) is 13.6 Å². The molecule has 2 unspecified atom stereocenters. The lowest BCUT2D eigenvalue weighted by Crippen LogP contribution is -2.71. The van der Waals surface area contributed by atoms with Crippen molar-refractivity contribution in [2.45, 2.75) is 97.1 Å². The second-order valence-corrected chi connectivity index (χ2v) is 24.2. The van der Waals surface area contributed by atoms with Gasteiger partial charge in [-0.25, -0.2) is 4.79 Å². The summed E-state index contributed by atoms with van der Waals surface area (Å²) in [5.74, 6) is -0.564. The van der Waals surface area contributed by atoms with E-state index in [0.717, 1.165) is 20.7 Å². The fourth-order valence-electron chi connectivity index (χ4n) is 6.70. The first kappa shape index (κ1) is 37.8. The van der Waals surface area contributed by atoms with Crippen LogP contribution in [0.25, 0.3) is 0 Å². The average molecular weight is 696 g/mol. The van der Waals surface area contributed by atoms with Crippen LogP contribution in [0.5, 0.6) is 0 Å². The summed E-state index contributed by atoms with van der Waals surface area (Å²) in [6.07, 6.45) is -1.51. The minimum atomic E-state index is -3.33. The molecule has 6 nitrogen and oxygen atoms in total. The molecular weight excluding hydrogens is 643 g/mol. The molecule has 0 bridgehead atoms. The predicted octanol–water partition coefficient (Wildman–Crippen LogP) is 6.95. The van der Waals surface area contributed by atoms with Gasteiger partial charge >= 0.3 is 20.4 Å². The summed E-state index contributed by atoms with van der Waals surface area (Å²) >= 11 is 0. The lowest BCUT2D eigenvalue weighted by atomic mass is 10.2. The molecule has 0 aliphatic heterocycles. The molecule has 0 spiro atoms. The zero-order valence-electron chi connectivity index (χ0n) is 30.7. The summed E-state index contributed by atoms with van der Waals surface area (Å²) < 4.78 is 20.1. The lowest BCUT2D eigenvalue weighted by Gasteiger charge is -2.46. The van der Waals surface area contributed by atoms with Gasteiger partial charge in [-0.2, -0.15) is 0 Å². The average Bonchev–Trinajstić information content (AvgIpc) is 3.04. The summed E-state index contributed by atoms with van der Waals surface area (Å²) in [7, 11) is -6.46. The molecule has 2 atom stereocenters. The van der Waals surface area contributed by atoms with E-state index in [1.807, 2.05) is 104 Å². The summed E-state index contributed by atoms with van der Waals surface area (Å²) in [5, 5.41) is 6.13. The molecule has 49 heavy (non-hydrogen) atoms. The maximum absolute atomic E-state index is 15.0. The molecular formula is C41H53NO5Si2. The van der Waals surface area contributed by atoms with E-state index in [1.54, 1.807) is 20.8 Å². The van der Waals surface area contributed by atoms with Crippen LogP contribution in [0.3, 0.4) is 0 Å². The molecule has 0 fully saturated rings. The molecule has 0 saturated heterocycles. The third-order valence-electron chi connectivity index (χ3n) is 8.85. The van der Waals surface area contributed by atoms with Crippen LogP contribution in [0, 0.1) is 0 Å². The Labute approximate surface area is 295 Å². The molecule has 260 valence electrons. The highest BCUT2D eigenvalue weighted by Crippen LogP contribution is 2.39. The number of amides is 1. The van der Waals surface area contributed by atoms with Crippen molar-refractivity contribution in [3.05, 3.63) is 121 Å². The number of carbonyl (C=O) groups excluding carboxylic acids is 2. The number of hydrogen-bond donors (Lipinski definition) is 1. The molecule has 0 aliphatic carbocycles. The van der Waals surface area contributed by atoms with E-state index >= 15 is 0 Å². The molecule has 0 radical (unpaired) electrons. The lowest BCUT2D eigenvalue weighted by molar-refractivity contribution is -0.140. The number of nitrogens with one attached hydrogen (secondary N) is 1. The van der Waals surface area contributed by atoms with Crippen molar-refractivity contribution >= 4 is 49.4 Å². The monoisotopic (exact) mass is 695 g/mol. The highest BCUT2D eigenvalue weighted by atomic mass is 28.4. The topological polar surface area (TPSA) is 73.9 Å². The minimum Gasteiger partial charge on any atom is -0.508 e. The maximum atomic E-state index is 15.0. The Morgan fingerprint density at radius 2 is 0.878 bits per heavy atom. The van der Waals surface area contributed by atoms with Gasteiger partial charge in [-0.1, -0.05) is 163 Å². The Hall–Kier alpha value is -3.99. The molecule has 4 aromatic carbocycles. The van der Waals surface area contributed by atoms with Gasteiger partial charge in [0.1, 0.15) is 5.60 Å². The Bertz CT molecular complexity index is 1580. The van der Waals surface area contributed by atoms with E-state index in [-0.39, 0.29) is 5.04 Å². The van der Waals surface area contributed by atoms with Crippen molar-refractivity contribution in [3.8, 4) is 0 Å². The number of ether oxygens (including phenoxy) is 1. The van der Waals surface area contributed by atoms with Gasteiger partial charge < -0.3 is 18.9 Å². The Morgan fingerprint density at radius 3 is 1.18 bits per heavy atom. The van der Waals surface area contributed by atoms with Crippen molar-refractivity contribution in [1.82, 2.24) is 5.32 Å². The Kier molecular flexibility index (Phi) is 11.5. The molecule has 1 amide bonds. The molecule has 0 aliphatic rings. The first-order valence-corrected chi connectivity index (χ1v) is 20.9. The molecule has 4 rings (SSSR count). The molecule has 0 aromatic heterocycles. The SMILES string of the molecule is CC(O[Si](c1ccccc1)(c1ccccc1)C(C)(C)C)C(NC(=O)OC(C)(C)C)C(=O)O[Si](c1ccccc1)(c1ccccc1)C(C)(C)C. The van der Waals surface area contributed by atoms with E-state index in [1.165, 1.54) is 0 Å². The Balaban J connectivity index is 1.90. The summed E-state index contributed by atoms with van der Waals surface area (Å²) in [6, 6.07) is 39.3. The van der Waals surface area contributed by atoms with Gasteiger partial charge in [0.05, 0.1) is 6.10 Å². The van der Waals surface area contributed by atoms with Crippen LogP contribution < -0.4 is 26.1 Å². The van der Waals surface area contributed by atoms with Crippen molar-refractivity contribution in [3.63, 3.8) is 0 Å². The molecule has 4 aromatic rings. The quantitative estimate of drug-likeness (QED) is 0.182. The van der Waals surface area contributed by atoms with Gasteiger partial charge in [0.2, 0.25) is 0 Å². The molecule has 1 N–H and O–H groups in total. The fraction of sp³-hybridized carbons (Fsp3) is 0.366. The van der Waals surface area contributed by atoms with Gasteiger partial charge in [0.15, 0.2) is 6.04 Å². The smallest absolute Gasteiger partial charge is 0.408 e. The zero-order valence-corrected chi connectivity index (χ0v) is 32.7. The number of hydrogen-bond acceptors (Lipinski definition) is 5. The number of benzene rings is 4. The van der Waals surface area contributed by atoms with E-state index in [9.17, 15) is 9.59 Å². The minimum absolute atomic E-state index is 0.359. The highest BCUT2D eigenvalue weighted by Gasteiger charge is 2.56. The van der Waals surface area contributed by atoms with Gasteiger partial charge in [-0.05, 0) is 58.5 Å². The Morgan fingerprint density at radius 1 is 0.551 bits per heavy atom. The molecule has 8 heteroatoms. The summed E-state index contributed by atoms with van der Waals surface area (Å²) in [5.41, 5.74) is -0.779. The van der Waals surface area contributed by atoms with E-state index in [2.05, 4.69) is 71.1 Å². The summed E-state index contributed by atoms with van der Waals surface area (Å²) in [4.78, 5) is 28.5. The van der Waals surface area contributed by atoms with Gasteiger partial charge in [0, 0.05) is 0 Å². The fourth-order valence-corrected chi connectivity index (χ4v) is 15.8. The second kappa shape index (κ2) is 14.9. The summed E-state index contributed by atoms with van der Waals surface area (Å²) in [6.45, 7) is 20.1. The van der Waals surface area contributed by atoms with Crippen LogP contribution in [0.15, 0.2) is 121 Å².